The third-order valence-corrected chi connectivity index (χ3v) is 5.47. The van der Waals surface area contributed by atoms with Crippen LogP contribution in [0.3, 0.4) is 0 Å². The fourth-order valence-electron chi connectivity index (χ4n) is 3.70. The summed E-state index contributed by atoms with van der Waals surface area (Å²) in [5.74, 6) is 2.02. The summed E-state index contributed by atoms with van der Waals surface area (Å²) in [5, 5.41) is 11.7. The Hall–Kier alpha value is -3.68. The van der Waals surface area contributed by atoms with Crippen molar-refractivity contribution in [1.29, 1.82) is 0 Å². The van der Waals surface area contributed by atoms with E-state index < -0.39 is 0 Å². The van der Waals surface area contributed by atoms with Gasteiger partial charge in [0.25, 0.3) is 0 Å². The summed E-state index contributed by atoms with van der Waals surface area (Å²) in [6.45, 7) is 1.51. The third-order valence-electron chi connectivity index (χ3n) is 5.47. The lowest BCUT2D eigenvalue weighted by Crippen LogP contribution is -2.38. The van der Waals surface area contributed by atoms with Gasteiger partial charge in [-0.15, -0.1) is 10.2 Å². The Kier molecular flexibility index (Phi) is 6.26. The minimum absolute atomic E-state index is 0.0194. The predicted molar refractivity (Wildman–Crippen MR) is 118 cm³/mol. The molecule has 0 radical (unpaired) electrons. The van der Waals surface area contributed by atoms with E-state index in [0.29, 0.717) is 17.2 Å². The number of aromatic nitrogens is 3. The van der Waals surface area contributed by atoms with E-state index >= 15 is 0 Å². The van der Waals surface area contributed by atoms with Gasteiger partial charge in [0.15, 0.2) is 17.3 Å². The van der Waals surface area contributed by atoms with Crippen LogP contribution < -0.4 is 19.7 Å². The molecule has 1 N–H and O–H groups in total. The molecule has 0 bridgehead atoms. The van der Waals surface area contributed by atoms with Crippen LogP contribution in [0, 0.1) is 5.92 Å². The van der Waals surface area contributed by atoms with Crippen LogP contribution in [0.5, 0.6) is 11.5 Å². The summed E-state index contributed by atoms with van der Waals surface area (Å²) in [6, 6.07) is 13.1. The zero-order valence-corrected chi connectivity index (χ0v) is 17.6. The first kappa shape index (κ1) is 20.6. The second-order valence-corrected chi connectivity index (χ2v) is 7.33. The molecule has 1 aliphatic rings. The van der Waals surface area contributed by atoms with Crippen molar-refractivity contribution in [3.8, 4) is 22.8 Å². The number of benzene rings is 1. The number of amides is 1. The zero-order chi connectivity index (χ0) is 21.6. The highest BCUT2D eigenvalue weighted by Gasteiger charge is 2.26. The Labute approximate surface area is 181 Å². The number of hydrogen-bond acceptors (Lipinski definition) is 7. The van der Waals surface area contributed by atoms with E-state index in [4.69, 9.17) is 9.47 Å². The second kappa shape index (κ2) is 9.42. The minimum Gasteiger partial charge on any atom is -0.493 e. The summed E-state index contributed by atoms with van der Waals surface area (Å²) >= 11 is 0. The number of carbonyl (C=O) groups is 1. The quantitative estimate of drug-likeness (QED) is 0.655. The standard InChI is InChI=1S/C23H25N5O3/c1-30-20-5-3-18(15-21(20)31-2)25-23(29)17-9-13-28(14-10-17)22-6-4-19(26-27-22)16-7-11-24-12-8-16/h3-8,11-12,15,17H,9-10,13-14H2,1-2H3,(H,25,29). The number of carbonyl (C=O) groups excluding carboxylic acids is 1. The molecule has 3 aromatic rings. The molecule has 160 valence electrons. The first-order valence-corrected chi connectivity index (χ1v) is 10.2. The number of anilines is 2. The highest BCUT2D eigenvalue weighted by molar-refractivity contribution is 5.93. The third kappa shape index (κ3) is 4.74. The average molecular weight is 419 g/mol. The fourth-order valence-corrected chi connectivity index (χ4v) is 3.70. The molecular weight excluding hydrogens is 394 g/mol. The van der Waals surface area contributed by atoms with E-state index in [1.54, 1.807) is 38.7 Å². The molecule has 2 aromatic heterocycles. The summed E-state index contributed by atoms with van der Waals surface area (Å²) < 4.78 is 10.5. The first-order valence-electron chi connectivity index (χ1n) is 10.2. The molecule has 0 aliphatic carbocycles. The molecule has 1 saturated heterocycles. The van der Waals surface area contributed by atoms with Crippen molar-refractivity contribution >= 4 is 17.4 Å². The van der Waals surface area contributed by atoms with Crippen molar-refractivity contribution in [3.05, 3.63) is 54.9 Å². The van der Waals surface area contributed by atoms with Gasteiger partial charge >= 0.3 is 0 Å². The van der Waals surface area contributed by atoms with Crippen LogP contribution in [-0.2, 0) is 4.79 Å². The largest absolute Gasteiger partial charge is 0.493 e. The van der Waals surface area contributed by atoms with Gasteiger partial charge in [0.05, 0.1) is 19.9 Å². The second-order valence-electron chi connectivity index (χ2n) is 7.33. The number of hydrogen-bond donors (Lipinski definition) is 1. The number of methoxy groups -OCH3 is 2. The van der Waals surface area contributed by atoms with Gasteiger partial charge in [-0.25, -0.2) is 0 Å². The first-order chi connectivity index (χ1) is 15.2. The molecule has 1 aromatic carbocycles. The van der Waals surface area contributed by atoms with E-state index in [2.05, 4.69) is 25.4 Å². The molecule has 3 heterocycles. The van der Waals surface area contributed by atoms with Crippen LogP contribution in [0.4, 0.5) is 11.5 Å². The van der Waals surface area contributed by atoms with Gasteiger partial charge in [0, 0.05) is 48.7 Å². The molecule has 8 heteroatoms. The van der Waals surface area contributed by atoms with Crippen LogP contribution in [0.15, 0.2) is 54.9 Å². The van der Waals surface area contributed by atoms with Gasteiger partial charge in [-0.1, -0.05) is 0 Å². The van der Waals surface area contributed by atoms with Gasteiger partial charge < -0.3 is 19.7 Å². The maximum absolute atomic E-state index is 12.7. The Morgan fingerprint density at radius 3 is 2.35 bits per heavy atom. The van der Waals surface area contributed by atoms with Crippen molar-refractivity contribution in [2.75, 3.05) is 37.5 Å². The van der Waals surface area contributed by atoms with Gasteiger partial charge in [-0.3, -0.25) is 9.78 Å². The lowest BCUT2D eigenvalue weighted by atomic mass is 9.95. The predicted octanol–water partition coefficient (Wildman–Crippen LogP) is 3.41. The van der Waals surface area contributed by atoms with E-state index in [1.807, 2.05) is 30.3 Å². The maximum Gasteiger partial charge on any atom is 0.227 e. The molecule has 4 rings (SSSR count). The summed E-state index contributed by atoms with van der Waals surface area (Å²) in [4.78, 5) is 18.9. The normalized spacial score (nSPS) is 14.2. The number of piperidine rings is 1. The van der Waals surface area contributed by atoms with E-state index in [0.717, 1.165) is 43.0 Å². The monoisotopic (exact) mass is 419 g/mol. The number of rotatable bonds is 6. The van der Waals surface area contributed by atoms with Crippen molar-refractivity contribution in [1.82, 2.24) is 15.2 Å². The molecule has 31 heavy (non-hydrogen) atoms. The maximum atomic E-state index is 12.7. The zero-order valence-electron chi connectivity index (χ0n) is 17.6. The smallest absolute Gasteiger partial charge is 0.227 e. The highest BCUT2D eigenvalue weighted by Crippen LogP contribution is 2.30. The van der Waals surface area contributed by atoms with E-state index in [1.165, 1.54) is 0 Å². The van der Waals surface area contributed by atoms with E-state index in [9.17, 15) is 4.79 Å². The molecule has 0 saturated carbocycles. The molecule has 0 unspecified atom stereocenters. The highest BCUT2D eigenvalue weighted by atomic mass is 16.5. The molecular formula is C23H25N5O3. The number of pyridine rings is 1. The molecule has 1 fully saturated rings. The van der Waals surface area contributed by atoms with Gasteiger partial charge in [0.1, 0.15) is 0 Å². The van der Waals surface area contributed by atoms with E-state index in [-0.39, 0.29) is 11.8 Å². The summed E-state index contributed by atoms with van der Waals surface area (Å²) in [6.07, 6.45) is 4.99. The Bertz CT molecular complexity index is 1020. The average Bonchev–Trinajstić information content (AvgIpc) is 2.84. The summed E-state index contributed by atoms with van der Waals surface area (Å²) in [5.41, 5.74) is 2.50. The molecule has 1 amide bonds. The van der Waals surface area contributed by atoms with Gasteiger partial charge in [-0.05, 0) is 49.2 Å². The Balaban J connectivity index is 1.33. The van der Waals surface area contributed by atoms with Crippen LogP contribution in [-0.4, -0.2) is 48.4 Å². The van der Waals surface area contributed by atoms with Crippen LogP contribution in [0.1, 0.15) is 12.8 Å². The molecule has 0 spiro atoms. The molecule has 0 atom stereocenters. The van der Waals surface area contributed by atoms with Crippen LogP contribution >= 0.6 is 0 Å². The van der Waals surface area contributed by atoms with Crippen LogP contribution in [0.2, 0.25) is 0 Å². The Morgan fingerprint density at radius 1 is 0.968 bits per heavy atom. The number of nitrogens with one attached hydrogen (secondary N) is 1. The summed E-state index contributed by atoms with van der Waals surface area (Å²) in [7, 11) is 3.16. The SMILES string of the molecule is COc1ccc(NC(=O)C2CCN(c3ccc(-c4ccncc4)nn3)CC2)cc1OC. The number of nitrogens with zero attached hydrogens (tertiary/aromatic N) is 4. The minimum atomic E-state index is -0.0478. The lowest BCUT2D eigenvalue weighted by molar-refractivity contribution is -0.120. The fraction of sp³-hybridized carbons (Fsp3) is 0.304. The Morgan fingerprint density at radius 2 is 1.71 bits per heavy atom. The molecule has 1 aliphatic heterocycles. The van der Waals surface area contributed by atoms with Crippen molar-refractivity contribution < 1.29 is 14.3 Å². The van der Waals surface area contributed by atoms with Gasteiger partial charge in [0.2, 0.25) is 5.91 Å². The van der Waals surface area contributed by atoms with Crippen molar-refractivity contribution in [2.24, 2.45) is 5.92 Å². The topological polar surface area (TPSA) is 89.5 Å². The van der Waals surface area contributed by atoms with Gasteiger partial charge in [-0.2, -0.15) is 0 Å². The van der Waals surface area contributed by atoms with Crippen LogP contribution in [0.25, 0.3) is 11.3 Å². The molecule has 8 nitrogen and oxygen atoms in total. The van der Waals surface area contributed by atoms with Crippen molar-refractivity contribution in [2.45, 2.75) is 12.8 Å². The van der Waals surface area contributed by atoms with Crippen molar-refractivity contribution in [3.63, 3.8) is 0 Å². The number of ether oxygens (including phenoxy) is 2. The lowest BCUT2D eigenvalue weighted by Gasteiger charge is -2.31.